The van der Waals surface area contributed by atoms with Crippen molar-refractivity contribution in [1.29, 1.82) is 0 Å². The van der Waals surface area contributed by atoms with Crippen molar-refractivity contribution in [2.24, 2.45) is 0 Å². The van der Waals surface area contributed by atoms with Crippen molar-refractivity contribution >= 4 is 17.6 Å². The number of hydrogen-bond donors (Lipinski definition) is 0. The number of rotatable bonds is 7. The summed E-state index contributed by atoms with van der Waals surface area (Å²) in [5, 5.41) is 0. The molecule has 0 saturated carbocycles. The second-order valence-corrected chi connectivity index (χ2v) is 9.54. The summed E-state index contributed by atoms with van der Waals surface area (Å²) in [5.41, 5.74) is 6.43. The van der Waals surface area contributed by atoms with Crippen molar-refractivity contribution in [1.82, 2.24) is 0 Å². The van der Waals surface area contributed by atoms with Crippen LogP contribution in [0, 0.1) is 0 Å². The molecule has 0 radical (unpaired) electrons. The van der Waals surface area contributed by atoms with E-state index in [1.54, 1.807) is 0 Å². The molecule has 2 heterocycles. The van der Waals surface area contributed by atoms with Gasteiger partial charge in [0.2, 0.25) is 0 Å². The third-order valence-electron chi connectivity index (χ3n) is 6.66. The quantitative estimate of drug-likeness (QED) is 0.200. The van der Waals surface area contributed by atoms with Crippen LogP contribution in [-0.2, 0) is 4.74 Å². The molecule has 0 aliphatic carbocycles. The summed E-state index contributed by atoms with van der Waals surface area (Å²) < 4.78 is 12.7. The zero-order chi connectivity index (χ0) is 27.0. The molecule has 0 saturated heterocycles. The summed E-state index contributed by atoms with van der Waals surface area (Å²) in [7, 11) is 0. The summed E-state index contributed by atoms with van der Waals surface area (Å²) >= 11 is 0. The maximum atomic E-state index is 6.33. The number of benzene rings is 4. The van der Waals surface area contributed by atoms with Crippen LogP contribution in [0.15, 0.2) is 168 Å². The average Bonchev–Trinajstić information content (AvgIpc) is 3.04. The third kappa shape index (κ3) is 6.09. The summed E-state index contributed by atoms with van der Waals surface area (Å²) in [6.07, 6.45) is 11.6. The molecule has 4 aromatic carbocycles. The minimum absolute atomic E-state index is 0.778. The van der Waals surface area contributed by atoms with E-state index in [1.807, 2.05) is 72.8 Å². The van der Waals surface area contributed by atoms with Crippen molar-refractivity contribution in [3.63, 3.8) is 0 Å². The fourth-order valence-electron chi connectivity index (χ4n) is 4.64. The van der Waals surface area contributed by atoms with E-state index in [-0.39, 0.29) is 0 Å². The molecule has 2 nitrogen and oxygen atoms in total. The highest BCUT2D eigenvalue weighted by molar-refractivity contribution is 5.77. The van der Waals surface area contributed by atoms with Gasteiger partial charge in [0.05, 0.1) is 23.3 Å². The molecule has 0 atom stereocenters. The Labute approximate surface area is 235 Å². The average molecular weight is 518 g/mol. The van der Waals surface area contributed by atoms with E-state index in [0.717, 1.165) is 62.9 Å². The maximum Gasteiger partial charge on any atom is 0.361 e. The lowest BCUT2D eigenvalue weighted by atomic mass is 10.0. The first-order chi connectivity index (χ1) is 19.8. The fraction of sp³-hybridized carbons (Fsp3) is 0.0263. The predicted octanol–water partition coefficient (Wildman–Crippen LogP) is 10.3. The van der Waals surface area contributed by atoms with E-state index < -0.39 is 0 Å². The Morgan fingerprint density at radius 1 is 0.525 bits per heavy atom. The third-order valence-corrected chi connectivity index (χ3v) is 6.66. The lowest BCUT2D eigenvalue weighted by Crippen LogP contribution is -1.99. The van der Waals surface area contributed by atoms with Crippen molar-refractivity contribution in [3.8, 4) is 22.6 Å². The standard InChI is InChI=1S/C38H29O2/c1-5-17-31(18-6-1)35-25-29(26-36(39-35)32-19-7-2-8-20-32)15-13-14-16-30-27-37(33-21-9-3-10-22-33)40-38(28-30)34-23-11-4-12-24-34/h1-13,15-28H,14H2/q+1/b15-13+. The minimum atomic E-state index is 0.778. The van der Waals surface area contributed by atoms with Gasteiger partial charge in [-0.3, -0.25) is 0 Å². The van der Waals surface area contributed by atoms with Crippen LogP contribution in [-0.4, -0.2) is 0 Å². The van der Waals surface area contributed by atoms with Crippen LogP contribution in [0.4, 0.5) is 0 Å². The zero-order valence-corrected chi connectivity index (χ0v) is 22.1. The van der Waals surface area contributed by atoms with Gasteiger partial charge >= 0.3 is 11.5 Å². The van der Waals surface area contributed by atoms with E-state index in [1.165, 1.54) is 0 Å². The largest absolute Gasteiger partial charge is 0.456 e. The molecule has 5 aromatic rings. The smallest absolute Gasteiger partial charge is 0.361 e. The summed E-state index contributed by atoms with van der Waals surface area (Å²) in [4.78, 5) is 0. The molecule has 1 aliphatic heterocycles. The molecule has 1 aromatic heterocycles. The van der Waals surface area contributed by atoms with Gasteiger partial charge in [-0.15, -0.1) is 0 Å². The van der Waals surface area contributed by atoms with E-state index >= 15 is 0 Å². The van der Waals surface area contributed by atoms with Gasteiger partial charge < -0.3 is 4.74 Å². The Hall–Kier alpha value is -5.21. The summed E-state index contributed by atoms with van der Waals surface area (Å²) in [6.45, 7) is 0. The highest BCUT2D eigenvalue weighted by atomic mass is 16.5. The van der Waals surface area contributed by atoms with Gasteiger partial charge in [-0.25, -0.2) is 4.42 Å². The number of allylic oxidation sites excluding steroid dienone is 5. The molecule has 0 unspecified atom stereocenters. The molecule has 1 aliphatic rings. The molecule has 192 valence electrons. The lowest BCUT2D eigenvalue weighted by molar-refractivity contribution is 0.467. The number of hydrogen-bond acceptors (Lipinski definition) is 1. The van der Waals surface area contributed by atoms with Gasteiger partial charge in [-0.05, 0) is 54.0 Å². The Morgan fingerprint density at radius 2 is 0.950 bits per heavy atom. The Bertz CT molecular complexity index is 1580. The van der Waals surface area contributed by atoms with Crippen molar-refractivity contribution in [2.75, 3.05) is 0 Å². The monoisotopic (exact) mass is 517 g/mol. The summed E-state index contributed by atoms with van der Waals surface area (Å²) in [5.74, 6) is 3.38. The zero-order valence-electron chi connectivity index (χ0n) is 22.1. The Morgan fingerprint density at radius 3 is 1.40 bits per heavy atom. The fourth-order valence-corrected chi connectivity index (χ4v) is 4.64. The second-order valence-electron chi connectivity index (χ2n) is 9.54. The van der Waals surface area contributed by atoms with Gasteiger partial charge in [0.15, 0.2) is 0 Å². The molecule has 0 bridgehead atoms. The molecular formula is C38H29O2+. The van der Waals surface area contributed by atoms with Crippen LogP contribution >= 0.6 is 0 Å². The van der Waals surface area contributed by atoms with Crippen molar-refractivity contribution in [2.45, 2.75) is 6.42 Å². The van der Waals surface area contributed by atoms with Crippen LogP contribution in [0.3, 0.4) is 0 Å². The van der Waals surface area contributed by atoms with E-state index in [2.05, 4.69) is 91.0 Å². The van der Waals surface area contributed by atoms with Gasteiger partial charge in [0.1, 0.15) is 11.5 Å². The van der Waals surface area contributed by atoms with Gasteiger partial charge in [-0.2, -0.15) is 0 Å². The van der Waals surface area contributed by atoms with Crippen LogP contribution in [0.2, 0.25) is 0 Å². The predicted molar refractivity (Wildman–Crippen MR) is 166 cm³/mol. The van der Waals surface area contributed by atoms with Crippen LogP contribution in [0.25, 0.3) is 40.2 Å². The van der Waals surface area contributed by atoms with E-state index in [9.17, 15) is 0 Å². The lowest BCUT2D eigenvalue weighted by Gasteiger charge is -2.19. The molecule has 0 N–H and O–H groups in total. The molecular weight excluding hydrogens is 488 g/mol. The maximum absolute atomic E-state index is 6.33. The highest BCUT2D eigenvalue weighted by Crippen LogP contribution is 2.32. The summed E-state index contributed by atoms with van der Waals surface area (Å²) in [6, 6.07) is 45.1. The second kappa shape index (κ2) is 12.1. The SMILES string of the molecule is C(C/C=C/c1cc(-c2ccccc2)[o+]c(-c2ccccc2)c1)=C1C=C(c2ccccc2)OC(c2ccccc2)=C1. The number of ether oxygens (including phenoxy) is 1. The minimum Gasteiger partial charge on any atom is -0.456 e. The normalized spacial score (nSPS) is 12.9. The van der Waals surface area contributed by atoms with Crippen LogP contribution < -0.4 is 0 Å². The van der Waals surface area contributed by atoms with E-state index in [0.29, 0.717) is 0 Å². The van der Waals surface area contributed by atoms with Crippen molar-refractivity contribution < 1.29 is 9.15 Å². The molecule has 0 fully saturated rings. The van der Waals surface area contributed by atoms with Crippen LogP contribution in [0.5, 0.6) is 0 Å². The Balaban J connectivity index is 1.29. The van der Waals surface area contributed by atoms with Gasteiger partial charge in [-0.1, -0.05) is 115 Å². The van der Waals surface area contributed by atoms with Gasteiger partial charge in [0.25, 0.3) is 0 Å². The van der Waals surface area contributed by atoms with Crippen LogP contribution in [0.1, 0.15) is 23.1 Å². The van der Waals surface area contributed by atoms with Gasteiger partial charge in [0, 0.05) is 11.1 Å². The van der Waals surface area contributed by atoms with Crippen molar-refractivity contribution in [3.05, 3.63) is 180 Å². The van der Waals surface area contributed by atoms with E-state index in [4.69, 9.17) is 9.15 Å². The molecule has 0 spiro atoms. The molecule has 2 heteroatoms. The first-order valence-corrected chi connectivity index (χ1v) is 13.5. The molecule has 40 heavy (non-hydrogen) atoms. The first kappa shape index (κ1) is 25.1. The molecule has 6 rings (SSSR count). The first-order valence-electron chi connectivity index (χ1n) is 13.5. The highest BCUT2D eigenvalue weighted by Gasteiger charge is 2.19. The topological polar surface area (TPSA) is 20.5 Å². The Kier molecular flexibility index (Phi) is 7.59. The molecule has 0 amide bonds.